The Labute approximate surface area is 120 Å². The second-order valence-electron chi connectivity index (χ2n) is 5.46. The van der Waals surface area contributed by atoms with Crippen molar-refractivity contribution in [1.29, 1.82) is 0 Å². The van der Waals surface area contributed by atoms with Gasteiger partial charge in [-0.15, -0.1) is 0 Å². The molecule has 0 aliphatic rings. The summed E-state index contributed by atoms with van der Waals surface area (Å²) in [4.78, 5) is 8.67. The second-order valence-corrected chi connectivity index (χ2v) is 5.46. The van der Waals surface area contributed by atoms with Crippen molar-refractivity contribution in [3.63, 3.8) is 0 Å². The van der Waals surface area contributed by atoms with E-state index >= 15 is 0 Å². The molecule has 2 aromatic rings. The third-order valence-electron chi connectivity index (χ3n) is 2.91. The monoisotopic (exact) mass is 270 g/mol. The molecule has 0 saturated heterocycles. The largest absolute Gasteiger partial charge is 0.353 e. The van der Waals surface area contributed by atoms with Crippen LogP contribution in [0.2, 0.25) is 0 Å². The number of anilines is 3. The topological polar surface area (TPSA) is 49.8 Å². The highest BCUT2D eigenvalue weighted by Gasteiger charge is 2.06. The molecule has 1 heterocycles. The fraction of sp³-hybridized carbons (Fsp3) is 0.375. The van der Waals surface area contributed by atoms with E-state index in [1.165, 1.54) is 0 Å². The van der Waals surface area contributed by atoms with Crippen LogP contribution in [-0.4, -0.2) is 16.0 Å². The van der Waals surface area contributed by atoms with Crippen LogP contribution in [-0.2, 0) is 0 Å². The summed E-state index contributed by atoms with van der Waals surface area (Å²) in [5.74, 6) is 1.34. The highest BCUT2D eigenvalue weighted by Crippen LogP contribution is 2.15. The summed E-state index contributed by atoms with van der Waals surface area (Å²) >= 11 is 0. The van der Waals surface area contributed by atoms with Gasteiger partial charge < -0.3 is 10.6 Å². The minimum absolute atomic E-state index is 0.378. The van der Waals surface area contributed by atoms with Crippen molar-refractivity contribution in [2.75, 3.05) is 10.6 Å². The number of hydrogen-bond acceptors (Lipinski definition) is 4. The van der Waals surface area contributed by atoms with E-state index in [0.717, 1.165) is 17.8 Å². The van der Waals surface area contributed by atoms with Gasteiger partial charge in [0.2, 0.25) is 5.95 Å². The maximum absolute atomic E-state index is 4.34. The molecule has 2 rings (SSSR count). The predicted molar refractivity (Wildman–Crippen MR) is 84.3 cm³/mol. The SMILES string of the molecule is CC(C)CC(C)Nc1ncc(Nc2ccccc2)cn1. The molecule has 106 valence electrons. The van der Waals surface area contributed by atoms with E-state index in [2.05, 4.69) is 41.4 Å². The fourth-order valence-electron chi connectivity index (χ4n) is 2.14. The van der Waals surface area contributed by atoms with Crippen LogP contribution in [0, 0.1) is 5.92 Å². The fourth-order valence-corrected chi connectivity index (χ4v) is 2.14. The van der Waals surface area contributed by atoms with Gasteiger partial charge in [0.1, 0.15) is 0 Å². The number of rotatable bonds is 6. The van der Waals surface area contributed by atoms with Crippen LogP contribution in [0.5, 0.6) is 0 Å². The molecule has 0 aliphatic carbocycles. The van der Waals surface area contributed by atoms with Crippen LogP contribution in [0.4, 0.5) is 17.3 Å². The van der Waals surface area contributed by atoms with Crippen molar-refractivity contribution < 1.29 is 0 Å². The van der Waals surface area contributed by atoms with Gasteiger partial charge in [0.25, 0.3) is 0 Å². The summed E-state index contributed by atoms with van der Waals surface area (Å²) in [6.07, 6.45) is 4.70. The van der Waals surface area contributed by atoms with E-state index in [1.54, 1.807) is 12.4 Å². The molecular formula is C16H22N4. The van der Waals surface area contributed by atoms with Crippen LogP contribution in [0.3, 0.4) is 0 Å². The van der Waals surface area contributed by atoms with Crippen molar-refractivity contribution in [3.8, 4) is 0 Å². The zero-order valence-corrected chi connectivity index (χ0v) is 12.3. The molecule has 0 amide bonds. The highest BCUT2D eigenvalue weighted by molar-refractivity contribution is 5.57. The smallest absolute Gasteiger partial charge is 0.222 e. The molecule has 0 fully saturated rings. The predicted octanol–water partition coefficient (Wildman–Crippen LogP) is 4.07. The molecule has 1 aromatic carbocycles. The Kier molecular flexibility index (Phi) is 4.93. The van der Waals surface area contributed by atoms with E-state index in [0.29, 0.717) is 17.9 Å². The Morgan fingerprint density at radius 3 is 2.20 bits per heavy atom. The normalized spacial score (nSPS) is 12.2. The summed E-state index contributed by atoms with van der Waals surface area (Å²) in [5.41, 5.74) is 1.92. The molecule has 0 bridgehead atoms. The number of para-hydroxylation sites is 1. The quantitative estimate of drug-likeness (QED) is 0.831. The van der Waals surface area contributed by atoms with Crippen LogP contribution in [0.15, 0.2) is 42.7 Å². The minimum Gasteiger partial charge on any atom is -0.353 e. The van der Waals surface area contributed by atoms with Gasteiger partial charge in [0, 0.05) is 11.7 Å². The van der Waals surface area contributed by atoms with Crippen molar-refractivity contribution in [2.45, 2.75) is 33.2 Å². The molecule has 20 heavy (non-hydrogen) atoms. The number of hydrogen-bond donors (Lipinski definition) is 2. The molecule has 1 unspecified atom stereocenters. The lowest BCUT2D eigenvalue weighted by atomic mass is 10.1. The zero-order chi connectivity index (χ0) is 14.4. The average Bonchev–Trinajstić information content (AvgIpc) is 2.41. The Morgan fingerprint density at radius 2 is 1.60 bits per heavy atom. The third-order valence-corrected chi connectivity index (χ3v) is 2.91. The first-order chi connectivity index (χ1) is 9.63. The van der Waals surface area contributed by atoms with Gasteiger partial charge in [0.05, 0.1) is 18.1 Å². The third kappa shape index (κ3) is 4.53. The van der Waals surface area contributed by atoms with Crippen molar-refractivity contribution in [2.24, 2.45) is 5.92 Å². The minimum atomic E-state index is 0.378. The Morgan fingerprint density at radius 1 is 0.950 bits per heavy atom. The van der Waals surface area contributed by atoms with E-state index in [-0.39, 0.29) is 0 Å². The van der Waals surface area contributed by atoms with Gasteiger partial charge in [-0.25, -0.2) is 9.97 Å². The standard InChI is InChI=1S/C16H22N4/c1-12(2)9-13(3)19-16-17-10-15(11-18-16)20-14-7-5-4-6-8-14/h4-8,10-13,20H,9H2,1-3H3,(H,17,18,19). The van der Waals surface area contributed by atoms with Crippen LogP contribution in [0.1, 0.15) is 27.2 Å². The van der Waals surface area contributed by atoms with Gasteiger partial charge in [0.15, 0.2) is 0 Å². The Bertz CT molecular complexity index is 508. The van der Waals surface area contributed by atoms with Gasteiger partial charge in [-0.2, -0.15) is 0 Å². The summed E-state index contributed by atoms with van der Waals surface area (Å²) in [6, 6.07) is 10.4. The van der Waals surface area contributed by atoms with E-state index in [4.69, 9.17) is 0 Å². The van der Waals surface area contributed by atoms with Crippen LogP contribution in [0.25, 0.3) is 0 Å². The average molecular weight is 270 g/mol. The lowest BCUT2D eigenvalue weighted by Crippen LogP contribution is -2.19. The highest BCUT2D eigenvalue weighted by atomic mass is 15.1. The molecule has 0 radical (unpaired) electrons. The van der Waals surface area contributed by atoms with Crippen LogP contribution >= 0.6 is 0 Å². The number of nitrogens with zero attached hydrogens (tertiary/aromatic N) is 2. The first-order valence-electron chi connectivity index (χ1n) is 7.04. The van der Waals surface area contributed by atoms with Gasteiger partial charge in [-0.1, -0.05) is 32.0 Å². The van der Waals surface area contributed by atoms with Crippen molar-refractivity contribution in [3.05, 3.63) is 42.7 Å². The van der Waals surface area contributed by atoms with Gasteiger partial charge in [-0.3, -0.25) is 0 Å². The number of nitrogens with one attached hydrogen (secondary N) is 2. The summed E-state index contributed by atoms with van der Waals surface area (Å²) in [7, 11) is 0. The molecule has 2 N–H and O–H groups in total. The van der Waals surface area contributed by atoms with Crippen LogP contribution < -0.4 is 10.6 Å². The molecule has 4 nitrogen and oxygen atoms in total. The Hall–Kier alpha value is -2.10. The summed E-state index contributed by atoms with van der Waals surface area (Å²) in [5, 5.41) is 6.58. The molecular weight excluding hydrogens is 248 g/mol. The number of benzene rings is 1. The van der Waals surface area contributed by atoms with E-state index in [1.807, 2.05) is 30.3 Å². The molecule has 0 aliphatic heterocycles. The van der Waals surface area contributed by atoms with E-state index in [9.17, 15) is 0 Å². The molecule has 1 atom stereocenters. The van der Waals surface area contributed by atoms with Gasteiger partial charge >= 0.3 is 0 Å². The van der Waals surface area contributed by atoms with Gasteiger partial charge in [-0.05, 0) is 31.4 Å². The first kappa shape index (κ1) is 14.3. The molecule has 0 saturated carbocycles. The first-order valence-corrected chi connectivity index (χ1v) is 7.04. The Balaban J connectivity index is 1.93. The summed E-state index contributed by atoms with van der Waals surface area (Å²) in [6.45, 7) is 6.58. The lowest BCUT2D eigenvalue weighted by Gasteiger charge is -2.15. The molecule has 0 spiro atoms. The molecule has 4 heteroatoms. The lowest BCUT2D eigenvalue weighted by molar-refractivity contribution is 0.537. The zero-order valence-electron chi connectivity index (χ0n) is 12.3. The maximum atomic E-state index is 4.34. The summed E-state index contributed by atoms with van der Waals surface area (Å²) < 4.78 is 0. The maximum Gasteiger partial charge on any atom is 0.222 e. The van der Waals surface area contributed by atoms with E-state index < -0.39 is 0 Å². The van der Waals surface area contributed by atoms with Crippen molar-refractivity contribution in [1.82, 2.24) is 9.97 Å². The molecule has 1 aromatic heterocycles. The van der Waals surface area contributed by atoms with Crippen molar-refractivity contribution >= 4 is 17.3 Å². The second kappa shape index (κ2) is 6.89. The number of aromatic nitrogens is 2.